The zero-order chi connectivity index (χ0) is 19.6. The molecule has 0 aliphatic rings. The monoisotopic (exact) mass is 372 g/mol. The van der Waals surface area contributed by atoms with E-state index in [9.17, 15) is 4.79 Å². The molecule has 0 aromatic heterocycles. The quantitative estimate of drug-likeness (QED) is 0.540. The number of benzene rings is 2. The SMILES string of the molecule is CCOc1cc(/C=N/NC(=O)c2ccc(OC)c(OCC)c2)ccc1OC. The lowest BCUT2D eigenvalue weighted by Crippen LogP contribution is -2.17. The van der Waals surface area contributed by atoms with E-state index in [0.717, 1.165) is 5.56 Å². The molecule has 0 bridgehead atoms. The Morgan fingerprint density at radius 1 is 0.926 bits per heavy atom. The molecule has 2 aromatic carbocycles. The summed E-state index contributed by atoms with van der Waals surface area (Å²) in [5.74, 6) is 1.98. The van der Waals surface area contributed by atoms with E-state index in [1.165, 1.54) is 6.21 Å². The van der Waals surface area contributed by atoms with Gasteiger partial charge in [0, 0.05) is 5.56 Å². The molecule has 2 rings (SSSR count). The molecule has 0 fully saturated rings. The average molecular weight is 372 g/mol. The summed E-state index contributed by atoms with van der Waals surface area (Å²) in [5.41, 5.74) is 3.68. The molecule has 2 aromatic rings. The molecule has 0 aliphatic carbocycles. The maximum atomic E-state index is 12.3. The number of amides is 1. The number of hydrogen-bond donors (Lipinski definition) is 1. The Bertz CT molecular complexity index is 805. The van der Waals surface area contributed by atoms with Crippen LogP contribution in [0.5, 0.6) is 23.0 Å². The summed E-state index contributed by atoms with van der Waals surface area (Å²) in [6.07, 6.45) is 1.53. The first-order chi connectivity index (χ1) is 13.1. The van der Waals surface area contributed by atoms with E-state index in [1.807, 2.05) is 19.9 Å². The van der Waals surface area contributed by atoms with Crippen molar-refractivity contribution >= 4 is 12.1 Å². The highest BCUT2D eigenvalue weighted by Crippen LogP contribution is 2.28. The van der Waals surface area contributed by atoms with Crippen molar-refractivity contribution in [2.45, 2.75) is 13.8 Å². The summed E-state index contributed by atoms with van der Waals surface area (Å²) >= 11 is 0. The standard InChI is InChI=1S/C20H24N2O5/c1-5-26-18-11-14(7-9-16(18)24-3)13-21-22-20(23)15-8-10-17(25-4)19(12-15)27-6-2/h7-13H,5-6H2,1-4H3,(H,22,23)/b21-13+. The Kier molecular flexibility index (Phi) is 7.49. The van der Waals surface area contributed by atoms with E-state index >= 15 is 0 Å². The molecule has 144 valence electrons. The average Bonchev–Trinajstić information content (AvgIpc) is 2.68. The van der Waals surface area contributed by atoms with Gasteiger partial charge < -0.3 is 18.9 Å². The van der Waals surface area contributed by atoms with Crippen LogP contribution in [0.15, 0.2) is 41.5 Å². The fraction of sp³-hybridized carbons (Fsp3) is 0.300. The summed E-state index contributed by atoms with van der Waals surface area (Å²) in [4.78, 5) is 12.3. The number of nitrogens with zero attached hydrogens (tertiary/aromatic N) is 1. The van der Waals surface area contributed by atoms with Gasteiger partial charge in [-0.25, -0.2) is 5.43 Å². The van der Waals surface area contributed by atoms with E-state index in [4.69, 9.17) is 18.9 Å². The maximum absolute atomic E-state index is 12.3. The number of ether oxygens (including phenoxy) is 4. The van der Waals surface area contributed by atoms with Crippen LogP contribution in [0.1, 0.15) is 29.8 Å². The Morgan fingerprint density at radius 2 is 1.52 bits per heavy atom. The molecule has 7 nitrogen and oxygen atoms in total. The number of nitrogens with one attached hydrogen (secondary N) is 1. The van der Waals surface area contributed by atoms with Crippen LogP contribution in [-0.4, -0.2) is 39.6 Å². The summed E-state index contributed by atoms with van der Waals surface area (Å²) in [6, 6.07) is 10.3. The summed E-state index contributed by atoms with van der Waals surface area (Å²) in [5, 5.41) is 4.00. The van der Waals surface area contributed by atoms with E-state index < -0.39 is 0 Å². The molecular formula is C20H24N2O5. The first kappa shape index (κ1) is 20.1. The lowest BCUT2D eigenvalue weighted by molar-refractivity contribution is 0.0954. The van der Waals surface area contributed by atoms with Crippen molar-refractivity contribution in [3.05, 3.63) is 47.5 Å². The van der Waals surface area contributed by atoms with Gasteiger partial charge in [0.1, 0.15) is 0 Å². The van der Waals surface area contributed by atoms with E-state index in [1.54, 1.807) is 44.6 Å². The molecule has 0 unspecified atom stereocenters. The van der Waals surface area contributed by atoms with Gasteiger partial charge in [0.15, 0.2) is 23.0 Å². The minimum Gasteiger partial charge on any atom is -0.493 e. The van der Waals surface area contributed by atoms with Crippen LogP contribution >= 0.6 is 0 Å². The molecule has 0 atom stereocenters. The van der Waals surface area contributed by atoms with Crippen molar-refractivity contribution < 1.29 is 23.7 Å². The number of methoxy groups -OCH3 is 2. The maximum Gasteiger partial charge on any atom is 0.271 e. The van der Waals surface area contributed by atoms with E-state index in [2.05, 4.69) is 10.5 Å². The number of carbonyl (C=O) groups excluding carboxylic acids is 1. The molecule has 0 heterocycles. The lowest BCUT2D eigenvalue weighted by Gasteiger charge is -2.10. The summed E-state index contributed by atoms with van der Waals surface area (Å²) < 4.78 is 21.5. The Labute approximate surface area is 158 Å². The largest absolute Gasteiger partial charge is 0.493 e. The van der Waals surface area contributed by atoms with E-state index in [0.29, 0.717) is 41.8 Å². The van der Waals surface area contributed by atoms with Crippen molar-refractivity contribution in [3.63, 3.8) is 0 Å². The highest BCUT2D eigenvalue weighted by atomic mass is 16.5. The second-order valence-corrected chi connectivity index (χ2v) is 5.34. The minimum absolute atomic E-state index is 0.353. The third-order valence-corrected chi connectivity index (χ3v) is 3.59. The van der Waals surface area contributed by atoms with Crippen LogP contribution in [0.3, 0.4) is 0 Å². The van der Waals surface area contributed by atoms with Crippen LogP contribution in [0.2, 0.25) is 0 Å². The Balaban J connectivity index is 2.08. The molecule has 27 heavy (non-hydrogen) atoms. The molecule has 0 saturated carbocycles. The highest BCUT2D eigenvalue weighted by molar-refractivity contribution is 5.95. The van der Waals surface area contributed by atoms with Crippen molar-refractivity contribution in [1.29, 1.82) is 0 Å². The van der Waals surface area contributed by atoms with Crippen LogP contribution in [0, 0.1) is 0 Å². The topological polar surface area (TPSA) is 78.4 Å². The third-order valence-electron chi connectivity index (χ3n) is 3.59. The van der Waals surface area contributed by atoms with Crippen molar-refractivity contribution in [2.75, 3.05) is 27.4 Å². The molecule has 1 amide bonds. The second-order valence-electron chi connectivity index (χ2n) is 5.34. The minimum atomic E-state index is -0.353. The fourth-order valence-electron chi connectivity index (χ4n) is 2.36. The Hall–Kier alpha value is -3.22. The predicted molar refractivity (Wildman–Crippen MR) is 103 cm³/mol. The molecule has 7 heteroatoms. The smallest absolute Gasteiger partial charge is 0.271 e. The number of hydrogen-bond acceptors (Lipinski definition) is 6. The van der Waals surface area contributed by atoms with Crippen LogP contribution in [-0.2, 0) is 0 Å². The second kappa shape index (κ2) is 10.1. The van der Waals surface area contributed by atoms with Gasteiger partial charge in [0.05, 0.1) is 33.6 Å². The predicted octanol–water partition coefficient (Wildman–Crippen LogP) is 3.27. The third kappa shape index (κ3) is 5.37. The molecule has 0 spiro atoms. The summed E-state index contributed by atoms with van der Waals surface area (Å²) in [7, 11) is 3.13. The van der Waals surface area contributed by atoms with Crippen molar-refractivity contribution in [3.8, 4) is 23.0 Å². The van der Waals surface area contributed by atoms with Crippen LogP contribution < -0.4 is 24.4 Å². The number of carbonyl (C=O) groups is 1. The summed E-state index contributed by atoms with van der Waals surface area (Å²) in [6.45, 7) is 4.75. The van der Waals surface area contributed by atoms with Gasteiger partial charge in [-0.15, -0.1) is 0 Å². The van der Waals surface area contributed by atoms with Gasteiger partial charge in [-0.05, 0) is 55.8 Å². The number of hydrazone groups is 1. The van der Waals surface area contributed by atoms with Gasteiger partial charge in [0.25, 0.3) is 5.91 Å². The molecular weight excluding hydrogens is 348 g/mol. The molecule has 0 saturated heterocycles. The van der Waals surface area contributed by atoms with Crippen molar-refractivity contribution in [2.24, 2.45) is 5.10 Å². The van der Waals surface area contributed by atoms with Crippen LogP contribution in [0.25, 0.3) is 0 Å². The normalized spacial score (nSPS) is 10.5. The van der Waals surface area contributed by atoms with E-state index in [-0.39, 0.29) is 5.91 Å². The van der Waals surface area contributed by atoms with Crippen LogP contribution in [0.4, 0.5) is 0 Å². The fourth-order valence-corrected chi connectivity index (χ4v) is 2.36. The van der Waals surface area contributed by atoms with Gasteiger partial charge in [-0.1, -0.05) is 0 Å². The first-order valence-electron chi connectivity index (χ1n) is 8.58. The molecule has 1 N–H and O–H groups in total. The van der Waals surface area contributed by atoms with Crippen molar-refractivity contribution in [1.82, 2.24) is 5.43 Å². The zero-order valence-electron chi connectivity index (χ0n) is 15.9. The highest BCUT2D eigenvalue weighted by Gasteiger charge is 2.10. The molecule has 0 radical (unpaired) electrons. The Morgan fingerprint density at radius 3 is 2.11 bits per heavy atom. The first-order valence-corrected chi connectivity index (χ1v) is 8.58. The van der Waals surface area contributed by atoms with Gasteiger partial charge >= 0.3 is 0 Å². The van der Waals surface area contributed by atoms with Gasteiger partial charge in [0.2, 0.25) is 0 Å². The number of rotatable bonds is 9. The zero-order valence-corrected chi connectivity index (χ0v) is 15.9. The molecule has 0 aliphatic heterocycles. The lowest BCUT2D eigenvalue weighted by atomic mass is 10.2. The van der Waals surface area contributed by atoms with Gasteiger partial charge in [-0.2, -0.15) is 5.10 Å². The van der Waals surface area contributed by atoms with Gasteiger partial charge in [-0.3, -0.25) is 4.79 Å².